The molecule has 0 aliphatic carbocycles. The van der Waals surface area contributed by atoms with E-state index < -0.39 is 0 Å². The predicted molar refractivity (Wildman–Crippen MR) is 86.9 cm³/mol. The average molecular weight is 344 g/mol. The Balaban J connectivity index is 1.44. The molecule has 2 aromatic heterocycles. The number of aliphatic hydroxyl groups excluding tert-OH is 1. The summed E-state index contributed by atoms with van der Waals surface area (Å²) in [6.07, 6.45) is 3.55. The minimum atomic E-state index is -0.290. The standard InChI is InChI=1S/C17H20N4O4/c22-13-3-5-20(9-13)10-15-19-14(11-25-15)17(23)21-6-7-24-16-12(8-21)2-1-4-18-16/h1-2,4,11,13,22H,3,5-10H2/t13-/m0/s1. The second-order valence-electron chi connectivity index (χ2n) is 6.35. The first kappa shape index (κ1) is 16.0. The number of nitrogens with zero attached hydrogens (tertiary/aromatic N) is 4. The number of rotatable bonds is 3. The molecule has 1 N–H and O–H groups in total. The van der Waals surface area contributed by atoms with Crippen LogP contribution >= 0.6 is 0 Å². The zero-order valence-corrected chi connectivity index (χ0v) is 13.8. The van der Waals surface area contributed by atoms with Gasteiger partial charge in [0.25, 0.3) is 5.91 Å². The maximum absolute atomic E-state index is 12.7. The van der Waals surface area contributed by atoms with Crippen LogP contribution in [0.1, 0.15) is 28.4 Å². The van der Waals surface area contributed by atoms with Crippen LogP contribution in [-0.4, -0.2) is 63.1 Å². The van der Waals surface area contributed by atoms with Gasteiger partial charge in [0.2, 0.25) is 11.8 Å². The number of pyridine rings is 1. The van der Waals surface area contributed by atoms with Crippen molar-refractivity contribution < 1.29 is 19.1 Å². The molecule has 1 fully saturated rings. The van der Waals surface area contributed by atoms with Crippen LogP contribution in [0.5, 0.6) is 5.88 Å². The fraction of sp³-hybridized carbons (Fsp3) is 0.471. The molecular formula is C17H20N4O4. The third-order valence-corrected chi connectivity index (χ3v) is 4.48. The van der Waals surface area contributed by atoms with Crippen molar-refractivity contribution in [3.63, 3.8) is 0 Å². The molecule has 1 saturated heterocycles. The van der Waals surface area contributed by atoms with Crippen molar-refractivity contribution in [3.8, 4) is 5.88 Å². The molecule has 8 nitrogen and oxygen atoms in total. The Morgan fingerprint density at radius 2 is 2.32 bits per heavy atom. The highest BCUT2D eigenvalue weighted by Gasteiger charge is 2.25. The lowest BCUT2D eigenvalue weighted by atomic mass is 10.2. The quantitative estimate of drug-likeness (QED) is 0.875. The average Bonchev–Trinajstić information content (AvgIpc) is 3.18. The molecule has 0 aromatic carbocycles. The lowest BCUT2D eigenvalue weighted by Gasteiger charge is -2.18. The van der Waals surface area contributed by atoms with E-state index in [4.69, 9.17) is 9.15 Å². The number of carbonyl (C=O) groups excluding carboxylic acids is 1. The maximum Gasteiger partial charge on any atom is 0.276 e. The fourth-order valence-electron chi connectivity index (χ4n) is 3.18. The number of fused-ring (bicyclic) bond motifs is 1. The highest BCUT2D eigenvalue weighted by molar-refractivity contribution is 5.92. The van der Waals surface area contributed by atoms with E-state index in [0.717, 1.165) is 18.5 Å². The van der Waals surface area contributed by atoms with Crippen LogP contribution in [0.15, 0.2) is 29.0 Å². The van der Waals surface area contributed by atoms with Gasteiger partial charge in [0.15, 0.2) is 5.69 Å². The second-order valence-corrected chi connectivity index (χ2v) is 6.35. The number of aliphatic hydroxyl groups is 1. The summed E-state index contributed by atoms with van der Waals surface area (Å²) in [6, 6.07) is 3.73. The predicted octanol–water partition coefficient (Wildman–Crippen LogP) is 0.671. The van der Waals surface area contributed by atoms with Gasteiger partial charge in [-0.3, -0.25) is 9.69 Å². The van der Waals surface area contributed by atoms with Crippen LogP contribution in [0.2, 0.25) is 0 Å². The van der Waals surface area contributed by atoms with E-state index in [9.17, 15) is 9.90 Å². The van der Waals surface area contributed by atoms with Crippen LogP contribution < -0.4 is 4.74 Å². The van der Waals surface area contributed by atoms with Crippen LogP contribution in [-0.2, 0) is 13.1 Å². The lowest BCUT2D eigenvalue weighted by Crippen LogP contribution is -2.32. The van der Waals surface area contributed by atoms with E-state index >= 15 is 0 Å². The van der Waals surface area contributed by atoms with Gasteiger partial charge in [-0.2, -0.15) is 0 Å². The molecule has 2 aliphatic rings. The Morgan fingerprint density at radius 1 is 1.40 bits per heavy atom. The molecule has 4 rings (SSSR count). The van der Waals surface area contributed by atoms with Gasteiger partial charge in [0.05, 0.1) is 25.7 Å². The first-order chi connectivity index (χ1) is 12.2. The van der Waals surface area contributed by atoms with E-state index in [2.05, 4.69) is 14.9 Å². The zero-order valence-electron chi connectivity index (χ0n) is 13.8. The molecule has 0 unspecified atom stereocenters. The highest BCUT2D eigenvalue weighted by Crippen LogP contribution is 2.21. The third kappa shape index (κ3) is 3.49. The van der Waals surface area contributed by atoms with Crippen LogP contribution in [0, 0.1) is 0 Å². The molecule has 1 amide bonds. The first-order valence-corrected chi connectivity index (χ1v) is 8.40. The SMILES string of the molecule is O=C(c1coc(CN2CC[C@H](O)C2)n1)N1CCOc2ncccc2C1. The Labute approximate surface area is 145 Å². The second kappa shape index (κ2) is 6.81. The number of hydrogen-bond donors (Lipinski definition) is 1. The Hall–Kier alpha value is -2.45. The molecule has 2 aliphatic heterocycles. The van der Waals surface area contributed by atoms with Gasteiger partial charge >= 0.3 is 0 Å². The maximum atomic E-state index is 12.7. The minimum absolute atomic E-state index is 0.184. The van der Waals surface area contributed by atoms with E-state index in [-0.39, 0.29) is 12.0 Å². The molecule has 0 saturated carbocycles. The van der Waals surface area contributed by atoms with E-state index in [1.54, 1.807) is 11.1 Å². The van der Waals surface area contributed by atoms with Crippen molar-refractivity contribution in [2.24, 2.45) is 0 Å². The molecule has 25 heavy (non-hydrogen) atoms. The van der Waals surface area contributed by atoms with Gasteiger partial charge in [0.1, 0.15) is 12.9 Å². The Bertz CT molecular complexity index is 763. The molecule has 8 heteroatoms. The van der Waals surface area contributed by atoms with Gasteiger partial charge in [0, 0.05) is 24.8 Å². The molecule has 0 spiro atoms. The summed E-state index contributed by atoms with van der Waals surface area (Å²) in [5, 5.41) is 9.58. The topological polar surface area (TPSA) is 91.9 Å². The number of ether oxygens (including phenoxy) is 1. The van der Waals surface area contributed by atoms with Crippen molar-refractivity contribution in [2.45, 2.75) is 25.6 Å². The Morgan fingerprint density at radius 3 is 3.16 bits per heavy atom. The van der Waals surface area contributed by atoms with Crippen molar-refractivity contribution in [2.75, 3.05) is 26.2 Å². The van der Waals surface area contributed by atoms with Crippen LogP contribution in [0.3, 0.4) is 0 Å². The number of likely N-dealkylation sites (tertiary alicyclic amines) is 1. The number of β-amino-alcohol motifs (C(OH)–C–C–N with tert-alkyl or cyclic N) is 1. The molecule has 0 radical (unpaired) electrons. The summed E-state index contributed by atoms with van der Waals surface area (Å²) >= 11 is 0. The zero-order chi connectivity index (χ0) is 17.2. The van der Waals surface area contributed by atoms with Gasteiger partial charge in [-0.15, -0.1) is 0 Å². The summed E-state index contributed by atoms with van der Waals surface area (Å²) in [5.74, 6) is 0.883. The largest absolute Gasteiger partial charge is 0.476 e. The molecule has 0 bridgehead atoms. The molecule has 1 atom stereocenters. The third-order valence-electron chi connectivity index (χ3n) is 4.48. The van der Waals surface area contributed by atoms with Crippen molar-refractivity contribution in [1.82, 2.24) is 19.8 Å². The monoisotopic (exact) mass is 344 g/mol. The lowest BCUT2D eigenvalue weighted by molar-refractivity contribution is 0.0726. The fourth-order valence-corrected chi connectivity index (χ4v) is 3.18. The molecule has 132 valence electrons. The number of amides is 1. The van der Waals surface area contributed by atoms with E-state index in [0.29, 0.717) is 50.3 Å². The first-order valence-electron chi connectivity index (χ1n) is 8.40. The summed E-state index contributed by atoms with van der Waals surface area (Å²) in [5.41, 5.74) is 1.17. The van der Waals surface area contributed by atoms with E-state index in [1.807, 2.05) is 12.1 Å². The summed E-state index contributed by atoms with van der Waals surface area (Å²) in [6.45, 7) is 3.21. The summed E-state index contributed by atoms with van der Waals surface area (Å²) < 4.78 is 11.0. The smallest absolute Gasteiger partial charge is 0.276 e. The van der Waals surface area contributed by atoms with Crippen LogP contribution in [0.4, 0.5) is 0 Å². The van der Waals surface area contributed by atoms with Crippen LogP contribution in [0.25, 0.3) is 0 Å². The molecular weight excluding hydrogens is 324 g/mol. The minimum Gasteiger partial charge on any atom is -0.476 e. The molecule has 2 aromatic rings. The summed E-state index contributed by atoms with van der Waals surface area (Å²) in [7, 11) is 0. The van der Waals surface area contributed by atoms with Gasteiger partial charge in [-0.05, 0) is 12.5 Å². The van der Waals surface area contributed by atoms with E-state index in [1.165, 1.54) is 6.26 Å². The van der Waals surface area contributed by atoms with Crippen molar-refractivity contribution in [3.05, 3.63) is 41.7 Å². The summed E-state index contributed by atoms with van der Waals surface area (Å²) in [4.78, 5) is 25.0. The number of aromatic nitrogens is 2. The Kier molecular flexibility index (Phi) is 4.37. The van der Waals surface area contributed by atoms with Gasteiger partial charge < -0.3 is 19.2 Å². The molecule has 4 heterocycles. The van der Waals surface area contributed by atoms with Crippen molar-refractivity contribution in [1.29, 1.82) is 0 Å². The van der Waals surface area contributed by atoms with Gasteiger partial charge in [-0.25, -0.2) is 9.97 Å². The van der Waals surface area contributed by atoms with Crippen molar-refractivity contribution >= 4 is 5.91 Å². The number of oxazole rings is 1. The highest BCUT2D eigenvalue weighted by atomic mass is 16.5. The normalized spacial score (nSPS) is 20.8. The van der Waals surface area contributed by atoms with Gasteiger partial charge in [-0.1, -0.05) is 6.07 Å². The number of hydrogen-bond acceptors (Lipinski definition) is 7. The number of carbonyl (C=O) groups is 1.